The fourth-order valence-electron chi connectivity index (χ4n) is 3.48. The number of nitrogens with one attached hydrogen (secondary N) is 1. The van der Waals surface area contributed by atoms with Gasteiger partial charge < -0.3 is 25.3 Å². The van der Waals surface area contributed by atoms with Gasteiger partial charge in [0, 0.05) is 31.4 Å². The minimum atomic E-state index is -0.905. The second-order valence-corrected chi connectivity index (χ2v) is 7.36. The molecule has 2 unspecified atom stereocenters. The summed E-state index contributed by atoms with van der Waals surface area (Å²) in [4.78, 5) is 12.7. The van der Waals surface area contributed by atoms with Crippen LogP contribution in [0.25, 0.3) is 0 Å². The van der Waals surface area contributed by atoms with Gasteiger partial charge in [0.15, 0.2) is 11.5 Å². The Bertz CT molecular complexity index is 652. The topological polar surface area (TPSA) is 82.8 Å². The molecule has 1 aromatic carbocycles. The van der Waals surface area contributed by atoms with Gasteiger partial charge in [-0.3, -0.25) is 4.79 Å². The van der Waals surface area contributed by atoms with Gasteiger partial charge in [0.25, 0.3) is 0 Å². The van der Waals surface area contributed by atoms with Crippen LogP contribution in [-0.2, 0) is 16.1 Å². The van der Waals surface area contributed by atoms with Crippen LogP contribution < -0.4 is 20.5 Å². The molecule has 0 radical (unpaired) electrons. The summed E-state index contributed by atoms with van der Waals surface area (Å²) in [6.45, 7) is 8.27. The van der Waals surface area contributed by atoms with Crippen molar-refractivity contribution < 1.29 is 19.0 Å². The highest BCUT2D eigenvalue weighted by molar-refractivity contribution is 5.88. The molecular formula is C19H29ClN2O4. The third kappa shape index (κ3) is 3.63. The first-order valence-electron chi connectivity index (χ1n) is 8.96. The molecule has 1 aliphatic carbocycles. The van der Waals surface area contributed by atoms with Gasteiger partial charge in [-0.15, -0.1) is 12.4 Å². The molecule has 1 saturated carbocycles. The Kier molecular flexibility index (Phi) is 6.42. The van der Waals surface area contributed by atoms with E-state index in [1.165, 1.54) is 0 Å². The van der Waals surface area contributed by atoms with Gasteiger partial charge >= 0.3 is 0 Å². The molecular weight excluding hydrogens is 356 g/mol. The van der Waals surface area contributed by atoms with Gasteiger partial charge in [-0.2, -0.15) is 0 Å². The van der Waals surface area contributed by atoms with Gasteiger partial charge in [-0.25, -0.2) is 0 Å². The molecule has 1 aromatic rings. The predicted molar refractivity (Wildman–Crippen MR) is 102 cm³/mol. The van der Waals surface area contributed by atoms with Crippen LogP contribution >= 0.6 is 12.4 Å². The third-order valence-electron chi connectivity index (χ3n) is 5.50. The number of carbonyl (C=O) groups excluding carboxylic acids is 1. The minimum absolute atomic E-state index is 0. The molecule has 1 heterocycles. The molecule has 0 aromatic heterocycles. The Labute approximate surface area is 161 Å². The first-order valence-corrected chi connectivity index (χ1v) is 8.96. The Balaban J connectivity index is 0.00000243. The second-order valence-electron chi connectivity index (χ2n) is 7.36. The third-order valence-corrected chi connectivity index (χ3v) is 5.50. The summed E-state index contributed by atoms with van der Waals surface area (Å²) in [7, 11) is 0. The van der Waals surface area contributed by atoms with Crippen molar-refractivity contribution in [2.24, 2.45) is 11.1 Å². The molecule has 26 heavy (non-hydrogen) atoms. The number of hydrogen-bond donors (Lipinski definition) is 2. The molecule has 6 nitrogen and oxygen atoms in total. The van der Waals surface area contributed by atoms with E-state index in [1.54, 1.807) is 0 Å². The number of rotatable bonds is 5. The van der Waals surface area contributed by atoms with Crippen LogP contribution in [0.5, 0.6) is 11.5 Å². The highest BCUT2D eigenvalue weighted by Crippen LogP contribution is 2.49. The van der Waals surface area contributed by atoms with Crippen molar-refractivity contribution in [3.8, 4) is 11.5 Å². The molecule has 0 saturated heterocycles. The van der Waals surface area contributed by atoms with E-state index in [2.05, 4.69) is 5.32 Å². The van der Waals surface area contributed by atoms with E-state index in [-0.39, 0.29) is 24.4 Å². The Hall–Kier alpha value is -1.50. The quantitative estimate of drug-likeness (QED) is 0.814. The van der Waals surface area contributed by atoms with Crippen molar-refractivity contribution in [2.45, 2.75) is 51.8 Å². The molecule has 7 heteroatoms. The summed E-state index contributed by atoms with van der Waals surface area (Å²) < 4.78 is 17.0. The summed E-state index contributed by atoms with van der Waals surface area (Å²) in [5.74, 6) is 1.34. The van der Waals surface area contributed by atoms with E-state index in [1.807, 2.05) is 39.0 Å². The number of benzene rings is 1. The molecule has 1 aliphatic heterocycles. The zero-order chi connectivity index (χ0) is 18.1. The fraction of sp³-hybridized carbons (Fsp3) is 0.632. The number of halogens is 1. The van der Waals surface area contributed by atoms with Crippen LogP contribution in [0.1, 0.15) is 39.2 Å². The molecule has 0 bridgehead atoms. The lowest BCUT2D eigenvalue weighted by molar-refractivity contribution is -0.170. The predicted octanol–water partition coefficient (Wildman–Crippen LogP) is 2.42. The Morgan fingerprint density at radius 2 is 2.00 bits per heavy atom. The lowest BCUT2D eigenvalue weighted by Crippen LogP contribution is -2.75. The van der Waals surface area contributed by atoms with E-state index >= 15 is 0 Å². The Morgan fingerprint density at radius 1 is 1.31 bits per heavy atom. The summed E-state index contributed by atoms with van der Waals surface area (Å²) in [6.07, 6.45) is 1.43. The molecule has 146 valence electrons. The maximum Gasteiger partial charge on any atom is 0.241 e. The van der Waals surface area contributed by atoms with Crippen molar-refractivity contribution in [1.82, 2.24) is 5.32 Å². The standard InChI is InChI=1S/C19H28N2O4.ClH/c1-4-23-16-11-19(20,18(16,2)3)17(22)21-12-13-6-7-14-15(10-13)25-9-5-8-24-14;/h6-7,10,16H,4-5,8-9,11-12,20H2,1-3H3,(H,21,22);1H. The lowest BCUT2D eigenvalue weighted by Gasteiger charge is -2.57. The fourth-order valence-corrected chi connectivity index (χ4v) is 3.48. The van der Waals surface area contributed by atoms with E-state index in [9.17, 15) is 4.79 Å². The summed E-state index contributed by atoms with van der Waals surface area (Å²) in [6, 6.07) is 5.74. The maximum absolute atomic E-state index is 12.7. The zero-order valence-corrected chi connectivity index (χ0v) is 16.5. The van der Waals surface area contributed by atoms with Gasteiger partial charge in [-0.1, -0.05) is 19.9 Å². The lowest BCUT2D eigenvalue weighted by atomic mass is 9.54. The molecule has 1 amide bonds. The first-order chi connectivity index (χ1) is 11.9. The summed E-state index contributed by atoms with van der Waals surface area (Å²) in [5, 5.41) is 2.97. The molecule has 3 N–H and O–H groups in total. The molecule has 1 fully saturated rings. The average molecular weight is 385 g/mol. The van der Waals surface area contributed by atoms with Crippen LogP contribution in [0.4, 0.5) is 0 Å². The van der Waals surface area contributed by atoms with Crippen LogP contribution in [0.2, 0.25) is 0 Å². The number of ether oxygens (including phenoxy) is 3. The van der Waals surface area contributed by atoms with Crippen LogP contribution in [0.15, 0.2) is 18.2 Å². The number of hydrogen-bond acceptors (Lipinski definition) is 5. The highest BCUT2D eigenvalue weighted by Gasteiger charge is 2.62. The average Bonchev–Trinajstić information content (AvgIpc) is 2.84. The zero-order valence-electron chi connectivity index (χ0n) is 15.7. The molecule has 3 rings (SSSR count). The second kappa shape index (κ2) is 8.03. The first kappa shape index (κ1) is 20.8. The van der Waals surface area contributed by atoms with Gasteiger partial charge in [0.2, 0.25) is 5.91 Å². The number of nitrogens with two attached hydrogens (primary N) is 1. The van der Waals surface area contributed by atoms with Crippen molar-refractivity contribution >= 4 is 18.3 Å². The van der Waals surface area contributed by atoms with Gasteiger partial charge in [-0.05, 0) is 24.6 Å². The molecule has 2 aliphatic rings. The maximum atomic E-state index is 12.7. The van der Waals surface area contributed by atoms with Crippen LogP contribution in [0, 0.1) is 5.41 Å². The minimum Gasteiger partial charge on any atom is -0.490 e. The molecule has 2 atom stereocenters. The number of amides is 1. The number of fused-ring (bicyclic) bond motifs is 1. The van der Waals surface area contributed by atoms with Crippen LogP contribution in [-0.4, -0.2) is 37.4 Å². The SMILES string of the molecule is CCOC1CC(N)(C(=O)NCc2ccc3c(c2)OCCCO3)C1(C)C.Cl. The normalized spacial score (nSPS) is 26.1. The van der Waals surface area contributed by atoms with E-state index < -0.39 is 11.0 Å². The van der Waals surface area contributed by atoms with E-state index in [0.29, 0.717) is 32.8 Å². The monoisotopic (exact) mass is 384 g/mol. The van der Waals surface area contributed by atoms with Crippen LogP contribution in [0.3, 0.4) is 0 Å². The summed E-state index contributed by atoms with van der Waals surface area (Å²) in [5.41, 5.74) is 6.07. The smallest absolute Gasteiger partial charge is 0.241 e. The van der Waals surface area contributed by atoms with Crippen molar-refractivity contribution in [1.29, 1.82) is 0 Å². The largest absolute Gasteiger partial charge is 0.490 e. The molecule has 0 spiro atoms. The van der Waals surface area contributed by atoms with Gasteiger partial charge in [0.1, 0.15) is 5.54 Å². The highest BCUT2D eigenvalue weighted by atomic mass is 35.5. The van der Waals surface area contributed by atoms with Crippen molar-refractivity contribution in [3.05, 3.63) is 23.8 Å². The van der Waals surface area contributed by atoms with E-state index in [0.717, 1.165) is 23.5 Å². The van der Waals surface area contributed by atoms with E-state index in [4.69, 9.17) is 19.9 Å². The van der Waals surface area contributed by atoms with Crippen molar-refractivity contribution in [2.75, 3.05) is 19.8 Å². The Morgan fingerprint density at radius 3 is 2.65 bits per heavy atom. The number of carbonyl (C=O) groups is 1. The van der Waals surface area contributed by atoms with Gasteiger partial charge in [0.05, 0.1) is 19.3 Å². The van der Waals surface area contributed by atoms with Crippen molar-refractivity contribution in [3.63, 3.8) is 0 Å². The summed E-state index contributed by atoms with van der Waals surface area (Å²) >= 11 is 0.